The standard InChI is InChI=1S/C24H33N3O4/c1-15(2)13-25-19-6-4-3-5-7-21(19)31-17-8-9-18-16(12-17)14-27(24(18)30)20-10-11-22(28)26-23(20)29/h8-9,12,15,19-21,25H,3-7,10-11,13-14H2,1-2H3,(H,26,28,29)/t19-,20?,21-/m1/s1. The summed E-state index contributed by atoms with van der Waals surface area (Å²) in [4.78, 5) is 38.1. The van der Waals surface area contributed by atoms with Crippen molar-refractivity contribution in [2.45, 2.75) is 83.5 Å². The van der Waals surface area contributed by atoms with Gasteiger partial charge in [0.05, 0.1) is 0 Å². The zero-order valence-electron chi connectivity index (χ0n) is 18.5. The molecule has 0 bridgehead atoms. The second-order valence-corrected chi connectivity index (χ2v) is 9.42. The molecule has 1 aromatic rings. The molecule has 0 aromatic heterocycles. The highest BCUT2D eigenvalue weighted by Gasteiger charge is 2.39. The van der Waals surface area contributed by atoms with E-state index >= 15 is 0 Å². The van der Waals surface area contributed by atoms with Crippen molar-refractivity contribution in [2.24, 2.45) is 5.92 Å². The van der Waals surface area contributed by atoms with Crippen LogP contribution < -0.4 is 15.4 Å². The van der Waals surface area contributed by atoms with E-state index in [-0.39, 0.29) is 30.2 Å². The maximum atomic E-state index is 12.9. The number of carbonyl (C=O) groups is 3. The summed E-state index contributed by atoms with van der Waals surface area (Å²) in [5, 5.41) is 6.04. The Hall–Kier alpha value is -2.41. The number of hydrogen-bond acceptors (Lipinski definition) is 5. The minimum absolute atomic E-state index is 0.114. The number of rotatable bonds is 6. The van der Waals surface area contributed by atoms with Gasteiger partial charge in [-0.1, -0.05) is 26.7 Å². The number of carbonyl (C=O) groups excluding carboxylic acids is 3. The lowest BCUT2D eigenvalue weighted by atomic mass is 10.0. The Labute approximate surface area is 183 Å². The van der Waals surface area contributed by atoms with Gasteiger partial charge in [0.2, 0.25) is 11.8 Å². The van der Waals surface area contributed by atoms with Gasteiger partial charge in [0.25, 0.3) is 5.91 Å². The molecule has 3 aliphatic rings. The number of nitrogens with one attached hydrogen (secondary N) is 2. The first-order valence-corrected chi connectivity index (χ1v) is 11.6. The molecule has 1 aliphatic carbocycles. The largest absolute Gasteiger partial charge is 0.489 e. The molecule has 7 heteroatoms. The van der Waals surface area contributed by atoms with Crippen LogP contribution in [0.1, 0.15) is 74.7 Å². The molecule has 1 saturated carbocycles. The van der Waals surface area contributed by atoms with Crippen molar-refractivity contribution in [2.75, 3.05) is 6.54 Å². The predicted molar refractivity (Wildman–Crippen MR) is 117 cm³/mol. The average molecular weight is 428 g/mol. The average Bonchev–Trinajstić information content (AvgIpc) is 2.89. The first kappa shape index (κ1) is 21.8. The van der Waals surface area contributed by atoms with Crippen molar-refractivity contribution in [1.82, 2.24) is 15.5 Å². The lowest BCUT2D eigenvalue weighted by molar-refractivity contribution is -0.136. The highest BCUT2D eigenvalue weighted by atomic mass is 16.5. The van der Waals surface area contributed by atoms with Crippen molar-refractivity contribution in [1.29, 1.82) is 0 Å². The van der Waals surface area contributed by atoms with E-state index in [0.29, 0.717) is 30.5 Å². The Balaban J connectivity index is 1.46. The molecule has 168 valence electrons. The third kappa shape index (κ3) is 4.92. The highest BCUT2D eigenvalue weighted by Crippen LogP contribution is 2.31. The summed E-state index contributed by atoms with van der Waals surface area (Å²) < 4.78 is 6.44. The van der Waals surface area contributed by atoms with Gasteiger partial charge in [0, 0.05) is 24.6 Å². The summed E-state index contributed by atoms with van der Waals surface area (Å²) in [7, 11) is 0. The predicted octanol–water partition coefficient (Wildman–Crippen LogP) is 2.77. The van der Waals surface area contributed by atoms with Gasteiger partial charge in [-0.05, 0) is 61.9 Å². The molecule has 4 rings (SSSR count). The normalized spacial score (nSPS) is 26.6. The van der Waals surface area contributed by atoms with E-state index in [4.69, 9.17) is 4.74 Å². The Morgan fingerprint density at radius 2 is 1.94 bits per heavy atom. The monoisotopic (exact) mass is 427 g/mol. The van der Waals surface area contributed by atoms with Crippen LogP contribution in [0.25, 0.3) is 0 Å². The van der Waals surface area contributed by atoms with Crippen LogP contribution >= 0.6 is 0 Å². The molecular formula is C24H33N3O4. The second-order valence-electron chi connectivity index (χ2n) is 9.42. The van der Waals surface area contributed by atoms with E-state index in [1.54, 1.807) is 4.90 Å². The van der Waals surface area contributed by atoms with Crippen molar-refractivity contribution < 1.29 is 19.1 Å². The highest BCUT2D eigenvalue weighted by molar-refractivity contribution is 6.05. The summed E-state index contributed by atoms with van der Waals surface area (Å²) in [5.41, 5.74) is 1.50. The molecule has 3 amide bonds. The number of amides is 3. The molecule has 2 heterocycles. The topological polar surface area (TPSA) is 87.7 Å². The van der Waals surface area contributed by atoms with Crippen molar-refractivity contribution in [3.8, 4) is 5.75 Å². The molecule has 2 aliphatic heterocycles. The fourth-order valence-electron chi connectivity index (χ4n) is 4.83. The van der Waals surface area contributed by atoms with Gasteiger partial charge < -0.3 is 15.0 Å². The molecule has 0 spiro atoms. The van der Waals surface area contributed by atoms with Crippen LogP contribution in [0.5, 0.6) is 5.75 Å². The van der Waals surface area contributed by atoms with E-state index in [1.807, 2.05) is 18.2 Å². The number of ether oxygens (including phenoxy) is 1. The number of imide groups is 1. The summed E-state index contributed by atoms with van der Waals surface area (Å²) >= 11 is 0. The molecular weight excluding hydrogens is 394 g/mol. The van der Waals surface area contributed by atoms with E-state index in [2.05, 4.69) is 24.5 Å². The fraction of sp³-hybridized carbons (Fsp3) is 0.625. The summed E-state index contributed by atoms with van der Waals surface area (Å²) in [6.45, 7) is 5.78. The maximum Gasteiger partial charge on any atom is 0.255 e. The molecule has 3 atom stereocenters. The van der Waals surface area contributed by atoms with Gasteiger partial charge in [-0.3, -0.25) is 19.7 Å². The fourth-order valence-corrected chi connectivity index (χ4v) is 4.83. The third-order valence-electron chi connectivity index (χ3n) is 6.52. The second kappa shape index (κ2) is 9.39. The van der Waals surface area contributed by atoms with E-state index < -0.39 is 6.04 Å². The van der Waals surface area contributed by atoms with Crippen LogP contribution in [0.3, 0.4) is 0 Å². The van der Waals surface area contributed by atoms with Crippen molar-refractivity contribution in [3.63, 3.8) is 0 Å². The Bertz CT molecular complexity index is 853. The van der Waals surface area contributed by atoms with Crippen molar-refractivity contribution >= 4 is 17.7 Å². The van der Waals surface area contributed by atoms with Crippen LogP contribution in [0.4, 0.5) is 0 Å². The molecule has 7 nitrogen and oxygen atoms in total. The lowest BCUT2D eigenvalue weighted by Gasteiger charge is -2.29. The van der Waals surface area contributed by atoms with Gasteiger partial charge in [-0.25, -0.2) is 0 Å². The van der Waals surface area contributed by atoms with Gasteiger partial charge in [0.15, 0.2) is 0 Å². The third-order valence-corrected chi connectivity index (χ3v) is 6.52. The molecule has 0 radical (unpaired) electrons. The lowest BCUT2D eigenvalue weighted by Crippen LogP contribution is -2.52. The SMILES string of the molecule is CC(C)CN[C@@H]1CCCCC[C@H]1Oc1ccc2c(c1)CN(C1CCC(=O)NC1=O)C2=O. The number of benzene rings is 1. The maximum absolute atomic E-state index is 12.9. The van der Waals surface area contributed by atoms with Crippen LogP contribution in [-0.4, -0.2) is 47.4 Å². The Kier molecular flexibility index (Phi) is 6.60. The molecule has 2 fully saturated rings. The first-order valence-electron chi connectivity index (χ1n) is 11.6. The summed E-state index contributed by atoms with van der Waals surface area (Å²) in [5.74, 6) is 0.562. The zero-order valence-corrected chi connectivity index (χ0v) is 18.5. The smallest absolute Gasteiger partial charge is 0.255 e. The number of nitrogens with zero attached hydrogens (tertiary/aromatic N) is 1. The van der Waals surface area contributed by atoms with E-state index in [0.717, 1.165) is 37.1 Å². The molecule has 2 N–H and O–H groups in total. The van der Waals surface area contributed by atoms with Crippen LogP contribution in [-0.2, 0) is 16.1 Å². The summed E-state index contributed by atoms with van der Waals surface area (Å²) in [6, 6.07) is 5.37. The molecule has 1 unspecified atom stereocenters. The minimum atomic E-state index is -0.589. The van der Waals surface area contributed by atoms with Crippen LogP contribution in [0.2, 0.25) is 0 Å². The van der Waals surface area contributed by atoms with Gasteiger partial charge >= 0.3 is 0 Å². The Morgan fingerprint density at radius 3 is 2.71 bits per heavy atom. The van der Waals surface area contributed by atoms with E-state index in [1.165, 1.54) is 12.8 Å². The van der Waals surface area contributed by atoms with Crippen LogP contribution in [0.15, 0.2) is 18.2 Å². The van der Waals surface area contributed by atoms with Gasteiger partial charge in [0.1, 0.15) is 17.9 Å². The number of hydrogen-bond donors (Lipinski definition) is 2. The minimum Gasteiger partial charge on any atom is -0.489 e. The molecule has 1 saturated heterocycles. The molecule has 1 aromatic carbocycles. The van der Waals surface area contributed by atoms with Gasteiger partial charge in [-0.15, -0.1) is 0 Å². The van der Waals surface area contributed by atoms with Crippen molar-refractivity contribution in [3.05, 3.63) is 29.3 Å². The molecule has 31 heavy (non-hydrogen) atoms. The Morgan fingerprint density at radius 1 is 1.13 bits per heavy atom. The number of piperidine rings is 1. The quantitative estimate of drug-likeness (QED) is 0.538. The number of fused-ring (bicyclic) bond motifs is 1. The van der Waals surface area contributed by atoms with Gasteiger partial charge in [-0.2, -0.15) is 0 Å². The van der Waals surface area contributed by atoms with E-state index in [9.17, 15) is 14.4 Å². The first-order chi connectivity index (χ1) is 14.9. The zero-order chi connectivity index (χ0) is 22.0. The summed E-state index contributed by atoms with van der Waals surface area (Å²) in [6.07, 6.45) is 6.50. The van der Waals surface area contributed by atoms with Crippen LogP contribution in [0, 0.1) is 5.92 Å².